The first kappa shape index (κ1) is 12.9. The summed E-state index contributed by atoms with van der Waals surface area (Å²) in [6.07, 6.45) is 3.91. The van der Waals surface area contributed by atoms with Crippen LogP contribution in [0.25, 0.3) is 0 Å². The summed E-state index contributed by atoms with van der Waals surface area (Å²) in [6.45, 7) is 4.31. The van der Waals surface area contributed by atoms with Crippen molar-refractivity contribution in [3.63, 3.8) is 0 Å². The molecule has 0 amide bonds. The lowest BCUT2D eigenvalue weighted by atomic mass is 10.1. The summed E-state index contributed by atoms with van der Waals surface area (Å²) >= 11 is 2.05. The Balaban J connectivity index is 2.19. The Morgan fingerprint density at radius 1 is 1.59 bits per heavy atom. The Bertz CT molecular complexity index is 352. The highest BCUT2D eigenvalue weighted by Crippen LogP contribution is 2.25. The molecular weight excluding hydrogens is 232 g/mol. The average Bonchev–Trinajstić information content (AvgIpc) is 2.74. The number of hydrogen-bond donors (Lipinski definition) is 1. The highest BCUT2D eigenvalue weighted by atomic mass is 32.2. The zero-order chi connectivity index (χ0) is 12.3. The van der Waals surface area contributed by atoms with Gasteiger partial charge in [0, 0.05) is 43.5 Å². The van der Waals surface area contributed by atoms with E-state index < -0.39 is 0 Å². The minimum Gasteiger partial charge on any atom is -0.337 e. The second-order valence-electron chi connectivity index (χ2n) is 4.55. The van der Waals surface area contributed by atoms with Crippen molar-refractivity contribution in [2.45, 2.75) is 19.0 Å². The van der Waals surface area contributed by atoms with Gasteiger partial charge in [-0.15, -0.1) is 0 Å². The predicted molar refractivity (Wildman–Crippen MR) is 73.4 cm³/mol. The van der Waals surface area contributed by atoms with Crippen molar-refractivity contribution in [3.8, 4) is 0 Å². The van der Waals surface area contributed by atoms with Crippen LogP contribution in [-0.2, 0) is 7.05 Å². The highest BCUT2D eigenvalue weighted by molar-refractivity contribution is 7.99. The van der Waals surface area contributed by atoms with Gasteiger partial charge in [-0.25, -0.2) is 4.98 Å². The van der Waals surface area contributed by atoms with Crippen LogP contribution >= 0.6 is 11.8 Å². The summed E-state index contributed by atoms with van der Waals surface area (Å²) in [6, 6.07) is 0.868. The van der Waals surface area contributed by atoms with E-state index in [1.807, 2.05) is 24.2 Å². The number of nitrogens with zero attached hydrogens (tertiary/aromatic N) is 3. The molecule has 0 saturated carbocycles. The largest absolute Gasteiger partial charge is 0.337 e. The first-order valence-electron chi connectivity index (χ1n) is 6.22. The summed E-state index contributed by atoms with van der Waals surface area (Å²) in [5, 5.41) is 3.59. The molecule has 0 radical (unpaired) electrons. The van der Waals surface area contributed by atoms with Crippen LogP contribution in [0.2, 0.25) is 0 Å². The zero-order valence-electron chi connectivity index (χ0n) is 10.9. The SMILES string of the molecule is CCNC(c1nccn1C)C1CSCCN1C. The number of nitrogens with one attached hydrogen (secondary N) is 1. The monoisotopic (exact) mass is 254 g/mol. The molecule has 1 fully saturated rings. The van der Waals surface area contributed by atoms with Gasteiger partial charge in [0.25, 0.3) is 0 Å². The van der Waals surface area contributed by atoms with Crippen LogP contribution in [0.5, 0.6) is 0 Å². The van der Waals surface area contributed by atoms with Crippen molar-refractivity contribution < 1.29 is 0 Å². The van der Waals surface area contributed by atoms with Crippen LogP contribution in [0.3, 0.4) is 0 Å². The van der Waals surface area contributed by atoms with Crippen LogP contribution in [0.4, 0.5) is 0 Å². The van der Waals surface area contributed by atoms with E-state index in [1.54, 1.807) is 0 Å². The Kier molecular flexibility index (Phi) is 4.48. The third-order valence-corrected chi connectivity index (χ3v) is 4.44. The van der Waals surface area contributed by atoms with Gasteiger partial charge < -0.3 is 9.88 Å². The van der Waals surface area contributed by atoms with Gasteiger partial charge >= 0.3 is 0 Å². The third-order valence-electron chi connectivity index (χ3n) is 3.39. The summed E-state index contributed by atoms with van der Waals surface area (Å²) < 4.78 is 2.13. The molecule has 0 bridgehead atoms. The Labute approximate surface area is 108 Å². The zero-order valence-corrected chi connectivity index (χ0v) is 11.7. The summed E-state index contributed by atoms with van der Waals surface area (Å²) in [4.78, 5) is 6.97. The van der Waals surface area contributed by atoms with E-state index in [4.69, 9.17) is 0 Å². The second-order valence-corrected chi connectivity index (χ2v) is 5.70. The summed E-state index contributed by atoms with van der Waals surface area (Å²) in [7, 11) is 4.29. The first-order chi connectivity index (χ1) is 8.24. The van der Waals surface area contributed by atoms with Crippen molar-refractivity contribution in [1.82, 2.24) is 19.8 Å². The number of aryl methyl sites for hydroxylation is 1. The molecule has 2 atom stereocenters. The lowest BCUT2D eigenvalue weighted by Crippen LogP contribution is -2.48. The van der Waals surface area contributed by atoms with Crippen LogP contribution in [0, 0.1) is 0 Å². The molecule has 1 aromatic rings. The number of imidazole rings is 1. The van der Waals surface area contributed by atoms with Crippen LogP contribution < -0.4 is 5.32 Å². The highest BCUT2D eigenvalue weighted by Gasteiger charge is 2.30. The lowest BCUT2D eigenvalue weighted by molar-refractivity contribution is 0.210. The number of rotatable bonds is 4. The summed E-state index contributed by atoms with van der Waals surface area (Å²) in [5.41, 5.74) is 0. The standard InChI is InChI=1S/C12H22N4S/c1-4-13-11(12-14-5-6-16(12)3)10-9-17-8-7-15(10)2/h5-6,10-11,13H,4,7-9H2,1-3H3. The molecule has 2 heterocycles. The molecule has 1 N–H and O–H groups in total. The molecule has 5 heteroatoms. The van der Waals surface area contributed by atoms with E-state index >= 15 is 0 Å². The predicted octanol–water partition coefficient (Wildman–Crippen LogP) is 1.12. The van der Waals surface area contributed by atoms with Crippen LogP contribution in [-0.4, -0.2) is 52.1 Å². The number of aromatic nitrogens is 2. The fourth-order valence-electron chi connectivity index (χ4n) is 2.35. The Morgan fingerprint density at radius 3 is 3.00 bits per heavy atom. The molecule has 2 unspecified atom stereocenters. The second kappa shape index (κ2) is 5.89. The molecule has 0 aromatic carbocycles. The molecule has 1 saturated heterocycles. The normalized spacial score (nSPS) is 23.8. The average molecular weight is 254 g/mol. The smallest absolute Gasteiger partial charge is 0.127 e. The molecule has 4 nitrogen and oxygen atoms in total. The minimum atomic E-state index is 0.331. The quantitative estimate of drug-likeness (QED) is 0.873. The fraction of sp³-hybridized carbons (Fsp3) is 0.750. The van der Waals surface area contributed by atoms with E-state index in [9.17, 15) is 0 Å². The van der Waals surface area contributed by atoms with Crippen molar-refractivity contribution in [2.75, 3.05) is 31.6 Å². The Hall–Kier alpha value is -0.520. The third kappa shape index (κ3) is 2.84. The summed E-state index contributed by atoms with van der Waals surface area (Å²) in [5.74, 6) is 3.57. The van der Waals surface area contributed by atoms with Crippen molar-refractivity contribution >= 4 is 11.8 Å². The molecule has 1 aliphatic rings. The molecule has 0 aliphatic carbocycles. The van der Waals surface area contributed by atoms with E-state index in [0.717, 1.165) is 12.4 Å². The van der Waals surface area contributed by atoms with Gasteiger partial charge in [-0.3, -0.25) is 4.90 Å². The van der Waals surface area contributed by atoms with Crippen LogP contribution in [0.15, 0.2) is 12.4 Å². The molecule has 17 heavy (non-hydrogen) atoms. The minimum absolute atomic E-state index is 0.331. The molecule has 96 valence electrons. The van der Waals surface area contributed by atoms with Gasteiger partial charge in [0.05, 0.1) is 6.04 Å². The van der Waals surface area contributed by atoms with Gasteiger partial charge in [-0.05, 0) is 13.6 Å². The van der Waals surface area contributed by atoms with E-state index in [2.05, 4.69) is 40.8 Å². The molecule has 1 aromatic heterocycles. The number of likely N-dealkylation sites (N-methyl/N-ethyl adjacent to an activating group) is 2. The van der Waals surface area contributed by atoms with E-state index in [0.29, 0.717) is 12.1 Å². The lowest BCUT2D eigenvalue weighted by Gasteiger charge is -2.37. The molecular formula is C12H22N4S. The van der Waals surface area contributed by atoms with Crippen molar-refractivity contribution in [1.29, 1.82) is 0 Å². The van der Waals surface area contributed by atoms with Crippen molar-refractivity contribution in [3.05, 3.63) is 18.2 Å². The fourth-order valence-corrected chi connectivity index (χ4v) is 3.62. The topological polar surface area (TPSA) is 33.1 Å². The van der Waals surface area contributed by atoms with Gasteiger partial charge in [-0.2, -0.15) is 11.8 Å². The van der Waals surface area contributed by atoms with Gasteiger partial charge in [-0.1, -0.05) is 6.92 Å². The number of thioether (sulfide) groups is 1. The molecule has 2 rings (SSSR count). The maximum atomic E-state index is 4.51. The maximum absolute atomic E-state index is 4.51. The Morgan fingerprint density at radius 2 is 2.41 bits per heavy atom. The number of hydrogen-bond acceptors (Lipinski definition) is 4. The maximum Gasteiger partial charge on any atom is 0.127 e. The van der Waals surface area contributed by atoms with Crippen LogP contribution in [0.1, 0.15) is 18.8 Å². The van der Waals surface area contributed by atoms with E-state index in [1.165, 1.54) is 18.1 Å². The molecule has 1 aliphatic heterocycles. The first-order valence-corrected chi connectivity index (χ1v) is 7.38. The van der Waals surface area contributed by atoms with E-state index in [-0.39, 0.29) is 0 Å². The molecule has 0 spiro atoms. The van der Waals surface area contributed by atoms with Crippen molar-refractivity contribution in [2.24, 2.45) is 7.05 Å². The van der Waals surface area contributed by atoms with Gasteiger partial charge in [0.1, 0.15) is 5.82 Å². The van der Waals surface area contributed by atoms with Gasteiger partial charge in [0.2, 0.25) is 0 Å². The van der Waals surface area contributed by atoms with Gasteiger partial charge in [0.15, 0.2) is 0 Å².